The van der Waals surface area contributed by atoms with Gasteiger partial charge in [-0.3, -0.25) is 9.11 Å². The van der Waals surface area contributed by atoms with Crippen LogP contribution in [-0.4, -0.2) is 51.6 Å². The van der Waals surface area contributed by atoms with E-state index in [1.807, 2.05) is 6.92 Å². The van der Waals surface area contributed by atoms with Gasteiger partial charge in [0.15, 0.2) is 0 Å². The van der Waals surface area contributed by atoms with Crippen molar-refractivity contribution in [2.45, 2.75) is 19.4 Å². The van der Waals surface area contributed by atoms with Gasteiger partial charge < -0.3 is 9.87 Å². The number of rotatable bonds is 4. The second kappa shape index (κ2) is 5.70. The Kier molecular flexibility index (Phi) is 4.87. The molecule has 5 heteroatoms. The van der Waals surface area contributed by atoms with Crippen molar-refractivity contribution in [3.8, 4) is 0 Å². The lowest BCUT2D eigenvalue weighted by Gasteiger charge is -2.34. The lowest BCUT2D eigenvalue weighted by Crippen LogP contribution is -2.49. The second-order valence-corrected chi connectivity index (χ2v) is 4.26. The maximum absolute atomic E-state index is 10.6. The molecule has 4 nitrogen and oxygen atoms in total. The summed E-state index contributed by atoms with van der Waals surface area (Å²) in [7, 11) is 0. The zero-order valence-electron chi connectivity index (χ0n) is 7.99. The van der Waals surface area contributed by atoms with Gasteiger partial charge in [0.05, 0.1) is 0 Å². The number of nitrogens with one attached hydrogen (secondary N) is 1. The van der Waals surface area contributed by atoms with Crippen molar-refractivity contribution < 1.29 is 8.76 Å². The molecule has 0 spiro atoms. The van der Waals surface area contributed by atoms with Gasteiger partial charge in [0.2, 0.25) is 0 Å². The van der Waals surface area contributed by atoms with Crippen LogP contribution >= 0.6 is 0 Å². The van der Waals surface area contributed by atoms with E-state index in [1.54, 1.807) is 0 Å². The average Bonchev–Trinajstić information content (AvgIpc) is 2.15. The van der Waals surface area contributed by atoms with E-state index >= 15 is 0 Å². The quantitative estimate of drug-likeness (QED) is 0.632. The van der Waals surface area contributed by atoms with Crippen LogP contribution in [0.25, 0.3) is 0 Å². The highest BCUT2D eigenvalue weighted by Gasteiger charge is 2.18. The van der Waals surface area contributed by atoms with E-state index in [9.17, 15) is 8.76 Å². The average molecular weight is 205 g/mol. The van der Waals surface area contributed by atoms with Gasteiger partial charge in [0.1, 0.15) is 0 Å². The first kappa shape index (κ1) is 11.1. The molecule has 0 amide bonds. The van der Waals surface area contributed by atoms with E-state index in [0.717, 1.165) is 32.6 Å². The largest absolute Gasteiger partial charge is 0.772 e. The van der Waals surface area contributed by atoms with Crippen molar-refractivity contribution in [3.05, 3.63) is 0 Å². The fourth-order valence-corrected chi connectivity index (χ4v) is 2.45. The fourth-order valence-electron chi connectivity index (χ4n) is 1.69. The van der Waals surface area contributed by atoms with Gasteiger partial charge in [-0.25, -0.2) is 0 Å². The molecule has 1 N–H and O–H groups in total. The Hall–Kier alpha value is 0.0300. The van der Waals surface area contributed by atoms with E-state index in [2.05, 4.69) is 10.2 Å². The Morgan fingerprint density at radius 3 is 2.62 bits per heavy atom. The van der Waals surface area contributed by atoms with Gasteiger partial charge in [-0.05, 0) is 6.42 Å². The second-order valence-electron chi connectivity index (χ2n) is 3.32. The molecule has 2 unspecified atom stereocenters. The Labute approximate surface area is 82.0 Å². The number of hydrogen-bond acceptors (Lipinski definition) is 4. The topological polar surface area (TPSA) is 55.4 Å². The fraction of sp³-hybridized carbons (Fsp3) is 1.00. The molecule has 78 valence electrons. The van der Waals surface area contributed by atoms with Crippen LogP contribution in [0.1, 0.15) is 13.3 Å². The SMILES string of the molecule is CCC(CS(=O)[O-])N1CCNCC1. The first-order valence-electron chi connectivity index (χ1n) is 4.74. The predicted molar refractivity (Wildman–Crippen MR) is 52.3 cm³/mol. The first-order valence-corrected chi connectivity index (χ1v) is 5.99. The van der Waals surface area contributed by atoms with E-state index in [-0.39, 0.29) is 11.8 Å². The van der Waals surface area contributed by atoms with Crippen LogP contribution < -0.4 is 5.32 Å². The van der Waals surface area contributed by atoms with E-state index in [0.29, 0.717) is 0 Å². The molecule has 0 bridgehead atoms. The van der Waals surface area contributed by atoms with Crippen molar-refractivity contribution in [2.75, 3.05) is 31.9 Å². The molecule has 1 aliphatic heterocycles. The zero-order valence-corrected chi connectivity index (χ0v) is 8.81. The molecule has 1 rings (SSSR count). The van der Waals surface area contributed by atoms with Gasteiger partial charge >= 0.3 is 0 Å². The standard InChI is InChI=1S/C8H18N2O2S/c1-2-8(7-13(11)12)10-5-3-9-4-6-10/h8-9H,2-7H2,1H3,(H,11,12)/p-1. The van der Waals surface area contributed by atoms with Crippen molar-refractivity contribution in [1.82, 2.24) is 10.2 Å². The van der Waals surface area contributed by atoms with E-state index < -0.39 is 11.1 Å². The maximum atomic E-state index is 10.6. The van der Waals surface area contributed by atoms with Crippen LogP contribution in [0.5, 0.6) is 0 Å². The Morgan fingerprint density at radius 2 is 2.15 bits per heavy atom. The van der Waals surface area contributed by atoms with Gasteiger partial charge in [-0.2, -0.15) is 0 Å². The molecule has 2 atom stereocenters. The van der Waals surface area contributed by atoms with Gasteiger partial charge in [-0.15, -0.1) is 0 Å². The highest BCUT2D eigenvalue weighted by Crippen LogP contribution is 2.06. The molecule has 0 aliphatic carbocycles. The molecular formula is C8H17N2O2S-. The minimum Gasteiger partial charge on any atom is -0.772 e. The van der Waals surface area contributed by atoms with Gasteiger partial charge in [0, 0.05) is 38.0 Å². The normalized spacial score (nSPS) is 24.2. The molecule has 0 aromatic rings. The molecule has 1 aliphatic rings. The summed E-state index contributed by atoms with van der Waals surface area (Å²) in [5.74, 6) is 0.274. The summed E-state index contributed by atoms with van der Waals surface area (Å²) < 4.78 is 21.1. The molecule has 0 saturated carbocycles. The summed E-state index contributed by atoms with van der Waals surface area (Å²) in [6, 6.07) is 0.209. The minimum atomic E-state index is -1.91. The molecule has 0 aromatic heterocycles. The van der Waals surface area contributed by atoms with Crippen LogP contribution in [0.4, 0.5) is 0 Å². The lowest BCUT2D eigenvalue weighted by atomic mass is 10.2. The summed E-state index contributed by atoms with van der Waals surface area (Å²) in [6.45, 7) is 5.93. The Morgan fingerprint density at radius 1 is 1.54 bits per heavy atom. The molecule has 1 fully saturated rings. The van der Waals surface area contributed by atoms with Crippen molar-refractivity contribution >= 4 is 11.1 Å². The summed E-state index contributed by atoms with van der Waals surface area (Å²) in [4.78, 5) is 2.26. The summed E-state index contributed by atoms with van der Waals surface area (Å²) in [6.07, 6.45) is 0.911. The van der Waals surface area contributed by atoms with Crippen molar-refractivity contribution in [3.63, 3.8) is 0 Å². The number of nitrogens with zero attached hydrogens (tertiary/aromatic N) is 1. The highest BCUT2D eigenvalue weighted by atomic mass is 32.2. The summed E-state index contributed by atoms with van der Waals surface area (Å²) in [5.41, 5.74) is 0. The third kappa shape index (κ3) is 3.72. The first-order chi connectivity index (χ1) is 6.24. The highest BCUT2D eigenvalue weighted by molar-refractivity contribution is 7.79. The molecule has 0 aromatic carbocycles. The third-order valence-electron chi connectivity index (χ3n) is 2.47. The Bertz CT molecular complexity index is 172. The third-order valence-corrected chi connectivity index (χ3v) is 3.12. The maximum Gasteiger partial charge on any atom is 0.0258 e. The van der Waals surface area contributed by atoms with Crippen LogP contribution in [0.15, 0.2) is 0 Å². The molecule has 0 radical (unpaired) electrons. The monoisotopic (exact) mass is 205 g/mol. The molecule has 13 heavy (non-hydrogen) atoms. The summed E-state index contributed by atoms with van der Waals surface area (Å²) in [5, 5.41) is 3.25. The van der Waals surface area contributed by atoms with Gasteiger partial charge in [0.25, 0.3) is 0 Å². The summed E-state index contributed by atoms with van der Waals surface area (Å²) >= 11 is -1.91. The van der Waals surface area contributed by atoms with Crippen LogP contribution in [0, 0.1) is 0 Å². The molecule has 1 heterocycles. The van der Waals surface area contributed by atoms with E-state index in [1.165, 1.54) is 0 Å². The number of piperazine rings is 1. The van der Waals surface area contributed by atoms with Crippen LogP contribution in [0.2, 0.25) is 0 Å². The molecule has 1 saturated heterocycles. The zero-order chi connectivity index (χ0) is 9.68. The smallest absolute Gasteiger partial charge is 0.0258 e. The number of hydrogen-bond donors (Lipinski definition) is 1. The van der Waals surface area contributed by atoms with Crippen molar-refractivity contribution in [2.24, 2.45) is 0 Å². The predicted octanol–water partition coefficient (Wildman–Crippen LogP) is -0.451. The lowest BCUT2D eigenvalue weighted by molar-refractivity contribution is 0.181. The van der Waals surface area contributed by atoms with Crippen molar-refractivity contribution in [1.29, 1.82) is 0 Å². The van der Waals surface area contributed by atoms with Crippen LogP contribution in [0.3, 0.4) is 0 Å². The molecular weight excluding hydrogens is 188 g/mol. The minimum absolute atomic E-state index is 0.209. The van der Waals surface area contributed by atoms with E-state index in [4.69, 9.17) is 0 Å². The van der Waals surface area contributed by atoms with Crippen LogP contribution in [-0.2, 0) is 11.1 Å². The Balaban J connectivity index is 2.39. The van der Waals surface area contributed by atoms with Gasteiger partial charge in [-0.1, -0.05) is 18.0 Å².